The van der Waals surface area contributed by atoms with Crippen molar-refractivity contribution in [2.75, 3.05) is 7.11 Å². The molecule has 0 fully saturated rings. The van der Waals surface area contributed by atoms with Crippen LogP contribution in [0.15, 0.2) is 10.3 Å². The van der Waals surface area contributed by atoms with Gasteiger partial charge in [-0.1, -0.05) is 11.6 Å². The second-order valence-electron chi connectivity index (χ2n) is 2.10. The van der Waals surface area contributed by atoms with Gasteiger partial charge in [-0.25, -0.2) is 0 Å². The third-order valence-corrected chi connectivity index (χ3v) is 4.35. The molecule has 0 aromatic carbocycles. The third-order valence-electron chi connectivity index (χ3n) is 1.31. The van der Waals surface area contributed by atoms with Crippen molar-refractivity contribution in [3.05, 3.63) is 20.5 Å². The predicted octanol–water partition coefficient (Wildman–Crippen LogP) is 1.64. The Bertz CT molecular complexity index is 464. The summed E-state index contributed by atoms with van der Waals surface area (Å²) in [5.41, 5.74) is -0.438. The van der Waals surface area contributed by atoms with Gasteiger partial charge >= 0.3 is 10.1 Å². The molecule has 0 aliphatic rings. The molecule has 0 amide bonds. The van der Waals surface area contributed by atoms with Crippen molar-refractivity contribution in [1.82, 2.24) is 0 Å². The maximum Gasteiger partial charge on any atom is 0.306 e. The monoisotopic (exact) mass is 257 g/mol. The summed E-state index contributed by atoms with van der Waals surface area (Å²) in [6.07, 6.45) is 0. The Morgan fingerprint density at radius 3 is 2.57 bits per heavy atom. The van der Waals surface area contributed by atoms with Crippen molar-refractivity contribution in [3.8, 4) is 0 Å². The molecule has 0 spiro atoms. The first kappa shape index (κ1) is 11.4. The molecular formula is C5H4ClNO5S2. The molecule has 1 aromatic heterocycles. The van der Waals surface area contributed by atoms with Crippen LogP contribution in [0.5, 0.6) is 0 Å². The van der Waals surface area contributed by atoms with E-state index in [4.69, 9.17) is 11.6 Å². The maximum atomic E-state index is 11.1. The molecule has 0 aliphatic carbocycles. The summed E-state index contributed by atoms with van der Waals surface area (Å²) in [7, 11) is -2.94. The largest absolute Gasteiger partial charge is 0.306 e. The molecule has 14 heavy (non-hydrogen) atoms. The quantitative estimate of drug-likeness (QED) is 0.467. The highest BCUT2D eigenvalue weighted by atomic mass is 35.5. The van der Waals surface area contributed by atoms with Gasteiger partial charge in [-0.3, -0.25) is 14.3 Å². The molecule has 9 heteroatoms. The van der Waals surface area contributed by atoms with E-state index in [-0.39, 0.29) is 8.55 Å². The lowest BCUT2D eigenvalue weighted by Crippen LogP contribution is -1.99. The van der Waals surface area contributed by atoms with Gasteiger partial charge in [-0.05, 0) is 0 Å². The van der Waals surface area contributed by atoms with Gasteiger partial charge in [0.2, 0.25) is 0 Å². The SMILES string of the molecule is COS(=O)(=O)c1cc([N+](=O)[O-])c(Cl)s1. The fraction of sp³-hybridized carbons (Fsp3) is 0.200. The zero-order chi connectivity index (χ0) is 10.9. The van der Waals surface area contributed by atoms with Crippen LogP contribution >= 0.6 is 22.9 Å². The molecule has 0 N–H and O–H groups in total. The Balaban J connectivity index is 3.29. The second-order valence-corrected chi connectivity index (χ2v) is 5.70. The van der Waals surface area contributed by atoms with Crippen LogP contribution in [0.4, 0.5) is 5.69 Å². The Kier molecular flexibility index (Phi) is 3.10. The van der Waals surface area contributed by atoms with Crippen LogP contribution in [-0.2, 0) is 14.3 Å². The molecule has 6 nitrogen and oxygen atoms in total. The maximum absolute atomic E-state index is 11.1. The number of hydrogen-bond donors (Lipinski definition) is 0. The molecule has 0 aliphatic heterocycles. The van der Waals surface area contributed by atoms with Crippen LogP contribution < -0.4 is 0 Å². The van der Waals surface area contributed by atoms with Gasteiger partial charge in [0.25, 0.3) is 5.69 Å². The van der Waals surface area contributed by atoms with Gasteiger partial charge in [0, 0.05) is 6.07 Å². The van der Waals surface area contributed by atoms with Crippen molar-refractivity contribution in [2.45, 2.75) is 4.21 Å². The molecule has 1 aromatic rings. The summed E-state index contributed by atoms with van der Waals surface area (Å²) < 4.78 is 25.9. The summed E-state index contributed by atoms with van der Waals surface area (Å²) in [5.74, 6) is 0. The average Bonchev–Trinajstić information content (AvgIpc) is 2.48. The Labute approximate surface area is 88.3 Å². The number of nitro groups is 1. The van der Waals surface area contributed by atoms with Crippen LogP contribution in [0.3, 0.4) is 0 Å². The minimum absolute atomic E-state index is 0.189. The summed E-state index contributed by atoms with van der Waals surface area (Å²) in [6.45, 7) is 0. The highest BCUT2D eigenvalue weighted by Crippen LogP contribution is 2.36. The average molecular weight is 258 g/mol. The van der Waals surface area contributed by atoms with E-state index in [1.165, 1.54) is 0 Å². The van der Waals surface area contributed by atoms with E-state index < -0.39 is 20.7 Å². The highest BCUT2D eigenvalue weighted by Gasteiger charge is 2.24. The van der Waals surface area contributed by atoms with Gasteiger partial charge in [-0.2, -0.15) is 8.42 Å². The van der Waals surface area contributed by atoms with E-state index in [0.29, 0.717) is 11.3 Å². The van der Waals surface area contributed by atoms with Crippen molar-refractivity contribution in [3.63, 3.8) is 0 Å². The first-order valence-electron chi connectivity index (χ1n) is 3.13. The fourth-order valence-electron chi connectivity index (χ4n) is 0.668. The molecule has 0 saturated carbocycles. The van der Waals surface area contributed by atoms with Crippen LogP contribution in [-0.4, -0.2) is 20.5 Å². The first-order valence-corrected chi connectivity index (χ1v) is 5.73. The van der Waals surface area contributed by atoms with Gasteiger partial charge in [0.1, 0.15) is 0 Å². The molecule has 0 unspecified atom stereocenters. The molecule has 0 saturated heterocycles. The second kappa shape index (κ2) is 3.81. The molecule has 1 heterocycles. The minimum atomic E-state index is -3.90. The van der Waals surface area contributed by atoms with E-state index in [0.717, 1.165) is 13.2 Å². The number of nitrogens with zero attached hydrogens (tertiary/aromatic N) is 1. The fourth-order valence-corrected chi connectivity index (χ4v) is 3.05. The highest BCUT2D eigenvalue weighted by molar-refractivity contribution is 7.89. The third kappa shape index (κ3) is 2.03. The topological polar surface area (TPSA) is 86.5 Å². The summed E-state index contributed by atoms with van der Waals surface area (Å²) >= 11 is 6.04. The number of hydrogen-bond acceptors (Lipinski definition) is 6. The van der Waals surface area contributed by atoms with E-state index in [2.05, 4.69) is 4.18 Å². The van der Waals surface area contributed by atoms with Gasteiger partial charge in [0.15, 0.2) is 8.55 Å². The molecule has 0 atom stereocenters. The Morgan fingerprint density at radius 1 is 1.64 bits per heavy atom. The molecule has 0 radical (unpaired) electrons. The summed E-state index contributed by atoms with van der Waals surface area (Å²) in [6, 6.07) is 0.867. The smallest absolute Gasteiger partial charge is 0.269 e. The van der Waals surface area contributed by atoms with Crippen LogP contribution in [0, 0.1) is 10.1 Å². The molecular weight excluding hydrogens is 254 g/mol. The lowest BCUT2D eigenvalue weighted by atomic mass is 10.6. The standard InChI is InChI=1S/C5H4ClNO5S2/c1-12-14(10,11)4-2-3(7(8)9)5(6)13-4/h2H,1H3. The predicted molar refractivity (Wildman–Crippen MR) is 50.2 cm³/mol. The zero-order valence-corrected chi connectivity index (χ0v) is 9.15. The number of halogens is 1. The molecule has 1 rings (SSSR count). The Morgan fingerprint density at radius 2 is 2.21 bits per heavy atom. The Hall–Kier alpha value is -0.700. The lowest BCUT2D eigenvalue weighted by Gasteiger charge is -1.93. The van der Waals surface area contributed by atoms with E-state index in [1.54, 1.807) is 0 Å². The van der Waals surface area contributed by atoms with Gasteiger partial charge in [-0.15, -0.1) is 11.3 Å². The van der Waals surface area contributed by atoms with Crippen molar-refractivity contribution < 1.29 is 17.5 Å². The van der Waals surface area contributed by atoms with Gasteiger partial charge in [0.05, 0.1) is 12.0 Å². The van der Waals surface area contributed by atoms with E-state index in [1.807, 2.05) is 0 Å². The lowest BCUT2D eigenvalue weighted by molar-refractivity contribution is -0.384. The van der Waals surface area contributed by atoms with Gasteiger partial charge < -0.3 is 0 Å². The van der Waals surface area contributed by atoms with Crippen LogP contribution in [0.25, 0.3) is 0 Å². The van der Waals surface area contributed by atoms with E-state index >= 15 is 0 Å². The zero-order valence-electron chi connectivity index (χ0n) is 6.76. The van der Waals surface area contributed by atoms with Crippen molar-refractivity contribution >= 4 is 38.7 Å². The minimum Gasteiger partial charge on any atom is -0.269 e. The van der Waals surface area contributed by atoms with Crippen LogP contribution in [0.1, 0.15) is 0 Å². The first-order chi connectivity index (χ1) is 6.38. The summed E-state index contributed by atoms with van der Waals surface area (Å²) in [5, 5.41) is 10.3. The molecule has 0 bridgehead atoms. The summed E-state index contributed by atoms with van der Waals surface area (Å²) in [4.78, 5) is 9.59. The normalized spacial score (nSPS) is 11.6. The number of thiophene rings is 1. The molecule has 78 valence electrons. The van der Waals surface area contributed by atoms with Crippen molar-refractivity contribution in [1.29, 1.82) is 0 Å². The van der Waals surface area contributed by atoms with Crippen LogP contribution in [0.2, 0.25) is 4.34 Å². The van der Waals surface area contributed by atoms with Crippen molar-refractivity contribution in [2.24, 2.45) is 0 Å². The van der Waals surface area contributed by atoms with E-state index in [9.17, 15) is 18.5 Å². The number of rotatable bonds is 3.